The molecule has 3 nitrogen and oxygen atoms in total. The van der Waals surface area contributed by atoms with E-state index >= 15 is 0 Å². The molecule has 0 spiro atoms. The Hall–Kier alpha value is -2.29. The lowest BCUT2D eigenvalue weighted by Gasteiger charge is -2.29. The number of phenols is 2. The van der Waals surface area contributed by atoms with Gasteiger partial charge in [-0.25, -0.2) is 0 Å². The number of phenolic OH excluding ortho intramolecular Hbond substituents is 2. The average molecular weight is 268 g/mol. The number of ketones is 1. The maximum absolute atomic E-state index is 12.1. The standard InChI is InChI=1S/C17H16O3/c1-9-4-5-10-11(8-9)16(20)14-13(15(10)19)12(18)6-7-17(14,2)3/h4-8,19-20H,1-3H3. The summed E-state index contributed by atoms with van der Waals surface area (Å²) >= 11 is 0. The number of carbonyl (C=O) groups excluding carboxylic acids is 1. The van der Waals surface area contributed by atoms with Crippen molar-refractivity contribution >= 4 is 16.6 Å². The van der Waals surface area contributed by atoms with E-state index in [4.69, 9.17) is 0 Å². The summed E-state index contributed by atoms with van der Waals surface area (Å²) in [5.41, 5.74) is 1.21. The normalized spacial score (nSPS) is 16.4. The van der Waals surface area contributed by atoms with E-state index in [1.165, 1.54) is 6.08 Å². The van der Waals surface area contributed by atoms with Gasteiger partial charge < -0.3 is 10.2 Å². The molecule has 1 aliphatic carbocycles. The molecule has 1 aliphatic rings. The number of carbonyl (C=O) groups is 1. The lowest BCUT2D eigenvalue weighted by Crippen LogP contribution is -2.23. The third kappa shape index (κ3) is 1.56. The molecule has 0 atom stereocenters. The Kier molecular flexibility index (Phi) is 2.45. The highest BCUT2D eigenvalue weighted by molar-refractivity contribution is 6.14. The predicted octanol–water partition coefficient (Wildman–Crippen LogP) is 3.59. The van der Waals surface area contributed by atoms with Crippen molar-refractivity contribution in [1.29, 1.82) is 0 Å². The number of rotatable bonds is 0. The van der Waals surface area contributed by atoms with E-state index in [1.807, 2.05) is 32.9 Å². The quantitative estimate of drug-likeness (QED) is 0.718. The summed E-state index contributed by atoms with van der Waals surface area (Å²) < 4.78 is 0. The van der Waals surface area contributed by atoms with Crippen molar-refractivity contribution in [3.05, 3.63) is 47.0 Å². The summed E-state index contributed by atoms with van der Waals surface area (Å²) in [5, 5.41) is 22.1. The van der Waals surface area contributed by atoms with Gasteiger partial charge >= 0.3 is 0 Å². The van der Waals surface area contributed by atoms with Gasteiger partial charge in [-0.05, 0) is 19.1 Å². The summed E-state index contributed by atoms with van der Waals surface area (Å²) in [7, 11) is 0. The monoisotopic (exact) mass is 268 g/mol. The first kappa shape index (κ1) is 12.7. The van der Waals surface area contributed by atoms with Crippen molar-refractivity contribution in [2.75, 3.05) is 0 Å². The van der Waals surface area contributed by atoms with Gasteiger partial charge in [-0.15, -0.1) is 0 Å². The minimum atomic E-state index is -0.497. The van der Waals surface area contributed by atoms with E-state index < -0.39 is 5.41 Å². The minimum Gasteiger partial charge on any atom is -0.507 e. The first-order valence-electron chi connectivity index (χ1n) is 6.55. The van der Waals surface area contributed by atoms with Crippen LogP contribution in [0.2, 0.25) is 0 Å². The van der Waals surface area contributed by atoms with Crippen molar-refractivity contribution < 1.29 is 15.0 Å². The van der Waals surface area contributed by atoms with E-state index in [-0.39, 0.29) is 22.8 Å². The Morgan fingerprint density at radius 1 is 1.05 bits per heavy atom. The van der Waals surface area contributed by atoms with E-state index in [0.29, 0.717) is 16.3 Å². The maximum Gasteiger partial charge on any atom is 0.189 e. The second-order valence-corrected chi connectivity index (χ2v) is 5.92. The van der Waals surface area contributed by atoms with Crippen LogP contribution < -0.4 is 0 Å². The number of fused-ring (bicyclic) bond motifs is 2. The number of allylic oxidation sites excluding steroid dienone is 2. The highest BCUT2D eigenvalue weighted by Crippen LogP contribution is 2.47. The van der Waals surface area contributed by atoms with Gasteiger partial charge in [0, 0.05) is 21.8 Å². The third-order valence-electron chi connectivity index (χ3n) is 3.95. The van der Waals surface area contributed by atoms with Crippen LogP contribution in [0.3, 0.4) is 0 Å². The Balaban J connectivity index is 2.55. The molecule has 3 heteroatoms. The Labute approximate surface area is 117 Å². The molecular weight excluding hydrogens is 252 g/mol. The number of hydrogen-bond donors (Lipinski definition) is 2. The molecule has 0 amide bonds. The summed E-state index contributed by atoms with van der Waals surface area (Å²) in [6.07, 6.45) is 3.22. The SMILES string of the molecule is Cc1ccc2c(O)c3c(c(O)c2c1)C(C)(C)C=CC3=O. The lowest BCUT2D eigenvalue weighted by atomic mass is 9.74. The molecule has 102 valence electrons. The summed E-state index contributed by atoms with van der Waals surface area (Å²) in [5.74, 6) is -0.232. The highest BCUT2D eigenvalue weighted by atomic mass is 16.3. The van der Waals surface area contributed by atoms with Crippen LogP contribution in [-0.2, 0) is 5.41 Å². The number of benzene rings is 2. The van der Waals surface area contributed by atoms with Gasteiger partial charge in [0.1, 0.15) is 11.5 Å². The fourth-order valence-corrected chi connectivity index (χ4v) is 2.88. The molecule has 0 saturated heterocycles. The van der Waals surface area contributed by atoms with Crippen LogP contribution in [0, 0.1) is 6.92 Å². The van der Waals surface area contributed by atoms with Crippen molar-refractivity contribution in [3.8, 4) is 11.5 Å². The molecule has 0 fully saturated rings. The van der Waals surface area contributed by atoms with Crippen molar-refractivity contribution in [3.63, 3.8) is 0 Å². The topological polar surface area (TPSA) is 57.5 Å². The Bertz CT molecular complexity index is 783. The first-order valence-corrected chi connectivity index (χ1v) is 6.55. The van der Waals surface area contributed by atoms with Gasteiger partial charge in [-0.1, -0.05) is 37.6 Å². The highest BCUT2D eigenvalue weighted by Gasteiger charge is 2.34. The summed E-state index contributed by atoms with van der Waals surface area (Å²) in [6.45, 7) is 5.75. The van der Waals surface area contributed by atoms with Crippen LogP contribution in [-0.4, -0.2) is 16.0 Å². The summed E-state index contributed by atoms with van der Waals surface area (Å²) in [4.78, 5) is 12.1. The molecule has 0 unspecified atom stereocenters. The minimum absolute atomic E-state index is 0.0461. The van der Waals surface area contributed by atoms with Crippen molar-refractivity contribution in [2.24, 2.45) is 0 Å². The van der Waals surface area contributed by atoms with E-state index in [2.05, 4.69) is 0 Å². The second kappa shape index (κ2) is 3.85. The fraction of sp³-hybridized carbons (Fsp3) is 0.235. The Morgan fingerprint density at radius 2 is 1.75 bits per heavy atom. The zero-order valence-electron chi connectivity index (χ0n) is 11.7. The van der Waals surface area contributed by atoms with Crippen LogP contribution >= 0.6 is 0 Å². The molecule has 0 aromatic heterocycles. The van der Waals surface area contributed by atoms with Gasteiger partial charge in [0.15, 0.2) is 5.78 Å². The van der Waals surface area contributed by atoms with Crippen LogP contribution in [0.5, 0.6) is 11.5 Å². The average Bonchev–Trinajstić information content (AvgIpc) is 2.38. The molecule has 0 heterocycles. The van der Waals surface area contributed by atoms with E-state index in [0.717, 1.165) is 5.56 Å². The second-order valence-electron chi connectivity index (χ2n) is 5.92. The molecule has 0 saturated carbocycles. The van der Waals surface area contributed by atoms with Crippen molar-refractivity contribution in [1.82, 2.24) is 0 Å². The predicted molar refractivity (Wildman–Crippen MR) is 78.5 cm³/mol. The van der Waals surface area contributed by atoms with Crippen molar-refractivity contribution in [2.45, 2.75) is 26.2 Å². The fourth-order valence-electron chi connectivity index (χ4n) is 2.88. The zero-order chi connectivity index (χ0) is 14.7. The van der Waals surface area contributed by atoms with Crippen LogP contribution in [0.15, 0.2) is 30.4 Å². The molecule has 2 aromatic carbocycles. The largest absolute Gasteiger partial charge is 0.507 e. The van der Waals surface area contributed by atoms with Crippen LogP contribution in [0.4, 0.5) is 0 Å². The molecule has 0 aliphatic heterocycles. The van der Waals surface area contributed by atoms with E-state index in [1.54, 1.807) is 12.1 Å². The van der Waals surface area contributed by atoms with Gasteiger partial charge in [0.25, 0.3) is 0 Å². The number of aromatic hydroxyl groups is 2. The lowest BCUT2D eigenvalue weighted by molar-refractivity contribution is 0.103. The van der Waals surface area contributed by atoms with Crippen LogP contribution in [0.25, 0.3) is 10.8 Å². The van der Waals surface area contributed by atoms with Gasteiger partial charge in [-0.3, -0.25) is 4.79 Å². The maximum atomic E-state index is 12.1. The third-order valence-corrected chi connectivity index (χ3v) is 3.95. The molecule has 0 radical (unpaired) electrons. The molecule has 3 rings (SSSR count). The molecular formula is C17H16O3. The molecule has 2 N–H and O–H groups in total. The smallest absolute Gasteiger partial charge is 0.189 e. The zero-order valence-corrected chi connectivity index (χ0v) is 11.7. The van der Waals surface area contributed by atoms with Gasteiger partial charge in [-0.2, -0.15) is 0 Å². The first-order chi connectivity index (χ1) is 9.33. The number of hydrogen-bond acceptors (Lipinski definition) is 3. The molecule has 2 aromatic rings. The van der Waals surface area contributed by atoms with Crippen LogP contribution in [0.1, 0.15) is 35.3 Å². The number of aryl methyl sites for hydroxylation is 1. The van der Waals surface area contributed by atoms with E-state index in [9.17, 15) is 15.0 Å². The Morgan fingerprint density at radius 3 is 2.45 bits per heavy atom. The summed E-state index contributed by atoms with van der Waals surface area (Å²) in [6, 6.07) is 5.41. The van der Waals surface area contributed by atoms with Gasteiger partial charge in [0.05, 0.1) is 5.56 Å². The molecule has 0 bridgehead atoms. The molecule has 20 heavy (non-hydrogen) atoms. The van der Waals surface area contributed by atoms with Gasteiger partial charge in [0.2, 0.25) is 0 Å².